The molecular formula is C32H41N2O3+. The second-order valence-electron chi connectivity index (χ2n) is 13.0. The molecule has 196 valence electrons. The van der Waals surface area contributed by atoms with Gasteiger partial charge in [0, 0.05) is 37.7 Å². The molecule has 0 amide bonds. The normalized spacial score (nSPS) is 39.8. The molecule has 37 heavy (non-hydrogen) atoms. The molecular weight excluding hydrogens is 460 g/mol. The maximum absolute atomic E-state index is 11.3. The van der Waals surface area contributed by atoms with E-state index < -0.39 is 0 Å². The van der Waals surface area contributed by atoms with Crippen molar-refractivity contribution in [1.82, 2.24) is 4.98 Å². The van der Waals surface area contributed by atoms with Crippen LogP contribution in [0.15, 0.2) is 60.0 Å². The second-order valence-corrected chi connectivity index (χ2v) is 13.0. The molecule has 2 spiro atoms. The molecule has 0 radical (unpaired) electrons. The van der Waals surface area contributed by atoms with Crippen LogP contribution in [-0.2, 0) is 9.47 Å². The fraction of sp³-hybridized carbons (Fsp3) is 0.594. The Bertz CT molecular complexity index is 1300. The van der Waals surface area contributed by atoms with E-state index in [2.05, 4.69) is 48.3 Å². The van der Waals surface area contributed by atoms with Crippen molar-refractivity contribution in [3.05, 3.63) is 65.5 Å². The zero-order chi connectivity index (χ0) is 25.5. The van der Waals surface area contributed by atoms with E-state index >= 15 is 0 Å². The van der Waals surface area contributed by atoms with E-state index in [0.717, 1.165) is 38.5 Å². The number of nitrogens with zero attached hydrogens (tertiary/aromatic N) is 2. The molecule has 3 heterocycles. The summed E-state index contributed by atoms with van der Waals surface area (Å²) in [6.07, 6.45) is 17.6. The number of fused-ring (bicyclic) bond motifs is 2. The zero-order valence-corrected chi connectivity index (χ0v) is 22.6. The molecule has 5 heteroatoms. The van der Waals surface area contributed by atoms with Gasteiger partial charge < -0.3 is 9.47 Å². The third-order valence-corrected chi connectivity index (χ3v) is 11.3. The first-order valence-electron chi connectivity index (χ1n) is 14.3. The molecule has 1 unspecified atom stereocenters. The van der Waals surface area contributed by atoms with E-state index in [1.807, 2.05) is 19.4 Å². The first-order chi connectivity index (χ1) is 17.8. The van der Waals surface area contributed by atoms with E-state index in [0.29, 0.717) is 25.0 Å². The quantitative estimate of drug-likeness (QED) is 0.384. The number of likely N-dealkylation sites (N-methyl/N-ethyl adjacent to an activating group) is 1. The second kappa shape index (κ2) is 8.22. The summed E-state index contributed by atoms with van der Waals surface area (Å²) in [6, 6.07) is 9.31. The van der Waals surface area contributed by atoms with Crippen molar-refractivity contribution in [2.45, 2.75) is 81.5 Å². The fourth-order valence-corrected chi connectivity index (χ4v) is 9.18. The summed E-state index contributed by atoms with van der Waals surface area (Å²) in [5.41, 5.74) is 4.21. The van der Waals surface area contributed by atoms with Crippen molar-refractivity contribution < 1.29 is 19.3 Å². The largest absolute Gasteiger partial charge is 0.379 e. The molecule has 7 rings (SSSR count). The third kappa shape index (κ3) is 3.40. The summed E-state index contributed by atoms with van der Waals surface area (Å²) in [5.74, 6) is 1.06. The topological polar surface area (TPSA) is 51.6 Å². The summed E-state index contributed by atoms with van der Waals surface area (Å²) < 4.78 is 12.8. The van der Waals surface area contributed by atoms with Gasteiger partial charge in [0.2, 0.25) is 0 Å². The molecule has 1 saturated heterocycles. The summed E-state index contributed by atoms with van der Waals surface area (Å²) in [5, 5.41) is 13.8. The molecule has 7 atom stereocenters. The number of quaternary nitrogens is 1. The van der Waals surface area contributed by atoms with Gasteiger partial charge in [-0.15, -0.1) is 0 Å². The molecule has 1 aromatic heterocycles. The first-order valence-corrected chi connectivity index (χ1v) is 14.3. The van der Waals surface area contributed by atoms with Crippen LogP contribution in [0.4, 0.5) is 0 Å². The van der Waals surface area contributed by atoms with Gasteiger partial charge in [0.05, 0.1) is 24.9 Å². The van der Waals surface area contributed by atoms with Gasteiger partial charge in [0.15, 0.2) is 0 Å². The van der Waals surface area contributed by atoms with Crippen molar-refractivity contribution in [2.24, 2.45) is 11.3 Å². The lowest BCUT2D eigenvalue weighted by molar-refractivity contribution is -1.11. The van der Waals surface area contributed by atoms with Gasteiger partial charge in [-0.05, 0) is 90.0 Å². The minimum absolute atomic E-state index is 0.0297. The van der Waals surface area contributed by atoms with Crippen molar-refractivity contribution in [3.63, 3.8) is 0 Å². The van der Waals surface area contributed by atoms with E-state index in [1.165, 1.54) is 40.3 Å². The number of benzene rings is 1. The molecule has 2 saturated carbocycles. The fourth-order valence-electron chi connectivity index (χ4n) is 9.18. The highest BCUT2D eigenvalue weighted by Gasteiger charge is 2.67. The maximum atomic E-state index is 11.3. The Morgan fingerprint density at radius 2 is 2.05 bits per heavy atom. The lowest BCUT2D eigenvalue weighted by Gasteiger charge is -2.54. The molecule has 3 aliphatic carbocycles. The van der Waals surface area contributed by atoms with E-state index in [9.17, 15) is 5.21 Å². The van der Waals surface area contributed by atoms with Gasteiger partial charge in [0.25, 0.3) is 0 Å². The van der Waals surface area contributed by atoms with Crippen LogP contribution in [0.1, 0.15) is 69.8 Å². The summed E-state index contributed by atoms with van der Waals surface area (Å²) in [4.78, 5) is 4.38. The summed E-state index contributed by atoms with van der Waals surface area (Å²) in [7, 11) is 3.66. The van der Waals surface area contributed by atoms with Gasteiger partial charge in [-0.2, -0.15) is 4.65 Å². The van der Waals surface area contributed by atoms with Gasteiger partial charge in [0.1, 0.15) is 12.6 Å². The van der Waals surface area contributed by atoms with Crippen molar-refractivity contribution in [1.29, 1.82) is 0 Å². The first kappa shape index (κ1) is 24.0. The molecule has 5 nitrogen and oxygen atoms in total. The van der Waals surface area contributed by atoms with E-state index in [-0.39, 0.29) is 27.3 Å². The van der Waals surface area contributed by atoms with Crippen LogP contribution in [0, 0.1) is 11.3 Å². The van der Waals surface area contributed by atoms with Crippen LogP contribution in [0.25, 0.3) is 10.8 Å². The van der Waals surface area contributed by atoms with E-state index in [4.69, 9.17) is 9.47 Å². The molecule has 2 aliphatic heterocycles. The van der Waals surface area contributed by atoms with Crippen LogP contribution in [-0.4, -0.2) is 59.4 Å². The molecule has 1 aromatic carbocycles. The van der Waals surface area contributed by atoms with Crippen molar-refractivity contribution >= 4 is 10.8 Å². The number of allylic oxidation sites excluding steroid dienone is 1. The molecule has 2 aromatic rings. The number of hydroxylamine groups is 3. The Kier molecular flexibility index (Phi) is 5.34. The lowest BCUT2D eigenvalue weighted by atomic mass is 9.58. The summed E-state index contributed by atoms with van der Waals surface area (Å²) >= 11 is 0. The smallest absolute Gasteiger partial charge is 0.132 e. The molecule has 2 bridgehead atoms. The number of hydrogen-bond acceptors (Lipinski definition) is 4. The van der Waals surface area contributed by atoms with Crippen molar-refractivity contribution in [2.75, 3.05) is 27.3 Å². The number of hydrogen-bond donors (Lipinski definition) is 1. The average Bonchev–Trinajstić information content (AvgIpc) is 3.42. The number of rotatable bonds is 5. The molecule has 5 aliphatic rings. The maximum Gasteiger partial charge on any atom is 0.132 e. The number of methoxy groups -OCH3 is 1. The van der Waals surface area contributed by atoms with Gasteiger partial charge in [-0.3, -0.25) is 4.98 Å². The molecule has 1 N–H and O–H groups in total. The summed E-state index contributed by atoms with van der Waals surface area (Å²) in [6.45, 7) is 3.73. The average molecular weight is 502 g/mol. The Balaban J connectivity index is 1.22. The highest BCUT2D eigenvalue weighted by molar-refractivity contribution is 5.82. The Morgan fingerprint density at radius 1 is 1.16 bits per heavy atom. The third-order valence-electron chi connectivity index (χ3n) is 11.3. The molecule has 3 fully saturated rings. The number of pyridine rings is 1. The van der Waals surface area contributed by atoms with Gasteiger partial charge in [-0.25, -0.2) is 5.21 Å². The Hall–Kier alpha value is -2.05. The SMILES string of the molecule is COCC[N+](C)(O)[C@H]1CCC2=CC3=CC[C@]4(C)[C@@H](c5ccc6ccncc6c5)CC[C@H]4[C@@]34CC[C@]2(C1)O4. The van der Waals surface area contributed by atoms with Crippen LogP contribution in [0.3, 0.4) is 0 Å². The van der Waals surface area contributed by atoms with Crippen molar-refractivity contribution in [3.8, 4) is 0 Å². The van der Waals surface area contributed by atoms with Gasteiger partial charge >= 0.3 is 0 Å². The Morgan fingerprint density at radius 3 is 2.92 bits per heavy atom. The lowest BCUT2D eigenvalue weighted by Crippen LogP contribution is -2.59. The Labute approximate surface area is 220 Å². The van der Waals surface area contributed by atoms with Crippen LogP contribution < -0.4 is 0 Å². The number of aromatic nitrogens is 1. The number of ether oxygens (including phenoxy) is 2. The van der Waals surface area contributed by atoms with E-state index in [1.54, 1.807) is 7.11 Å². The van der Waals surface area contributed by atoms with Crippen LogP contribution in [0.2, 0.25) is 0 Å². The minimum atomic E-state index is -0.208. The minimum Gasteiger partial charge on any atom is -0.379 e. The highest BCUT2D eigenvalue weighted by Crippen LogP contribution is 2.69. The predicted octanol–water partition coefficient (Wildman–Crippen LogP) is 6.33. The van der Waals surface area contributed by atoms with Crippen LogP contribution >= 0.6 is 0 Å². The van der Waals surface area contributed by atoms with Gasteiger partial charge in [-0.1, -0.05) is 31.2 Å². The monoisotopic (exact) mass is 501 g/mol. The zero-order valence-electron chi connectivity index (χ0n) is 22.6. The highest BCUT2D eigenvalue weighted by atomic mass is 16.6. The van der Waals surface area contributed by atoms with Crippen LogP contribution in [0.5, 0.6) is 0 Å². The predicted molar refractivity (Wildman–Crippen MR) is 144 cm³/mol. The standard InChI is InChI=1S/C32H41N2O3/c1-30-12-10-26-19-25-6-7-27(34(2,35)16-17-36-3)20-31(25)13-14-32(26,37-31)29(30)9-8-28(30)23-5-4-22-11-15-33-21-24(22)18-23/h4-5,10-11,15,18-19,21,27-29,35H,6-9,12-14,16-17,20H2,1-3H3/q+1/t27-,28+,29+,30+,31+,32+,34?/m0/s1.